The standard InChI is InChI=1S/C15H22N4O3/c1-18(13-3-2-7-17-8-6-13)10-12-5-4-11(15(16)20)9-14(12)19(21)22/h4-5,9,13,17H,2-3,6-8,10H2,1H3,(H2,16,20). The average molecular weight is 306 g/mol. The summed E-state index contributed by atoms with van der Waals surface area (Å²) in [5.74, 6) is -0.655. The van der Waals surface area contributed by atoms with Gasteiger partial charge in [-0.15, -0.1) is 0 Å². The van der Waals surface area contributed by atoms with Gasteiger partial charge in [-0.1, -0.05) is 6.07 Å². The molecule has 1 heterocycles. The van der Waals surface area contributed by atoms with Gasteiger partial charge in [0.1, 0.15) is 0 Å². The van der Waals surface area contributed by atoms with E-state index in [0.717, 1.165) is 32.4 Å². The molecule has 7 heteroatoms. The monoisotopic (exact) mass is 306 g/mol. The van der Waals surface area contributed by atoms with Crippen LogP contribution >= 0.6 is 0 Å². The second-order valence-corrected chi connectivity index (χ2v) is 5.71. The third kappa shape index (κ3) is 4.02. The van der Waals surface area contributed by atoms with Crippen LogP contribution in [0.1, 0.15) is 35.2 Å². The van der Waals surface area contributed by atoms with Gasteiger partial charge < -0.3 is 11.1 Å². The Balaban J connectivity index is 2.17. The molecule has 1 fully saturated rings. The van der Waals surface area contributed by atoms with Crippen molar-refractivity contribution < 1.29 is 9.72 Å². The number of rotatable bonds is 5. The summed E-state index contributed by atoms with van der Waals surface area (Å²) in [6, 6.07) is 4.85. The minimum Gasteiger partial charge on any atom is -0.366 e. The van der Waals surface area contributed by atoms with Gasteiger partial charge in [0.15, 0.2) is 0 Å². The highest BCUT2D eigenvalue weighted by Gasteiger charge is 2.21. The fraction of sp³-hybridized carbons (Fsp3) is 0.533. The van der Waals surface area contributed by atoms with E-state index in [1.54, 1.807) is 12.1 Å². The van der Waals surface area contributed by atoms with Gasteiger partial charge in [-0.2, -0.15) is 0 Å². The number of carbonyl (C=O) groups excluding carboxylic acids is 1. The molecule has 1 amide bonds. The SMILES string of the molecule is CN(Cc1ccc(C(N)=O)cc1[N+](=O)[O-])C1CCCNCC1. The smallest absolute Gasteiger partial charge is 0.274 e. The number of primary amides is 1. The number of carbonyl (C=O) groups is 1. The zero-order valence-corrected chi connectivity index (χ0v) is 12.7. The Labute approximate surface area is 129 Å². The normalized spacial score (nSPS) is 18.9. The lowest BCUT2D eigenvalue weighted by Crippen LogP contribution is -2.32. The molecule has 3 N–H and O–H groups in total. The molecule has 0 aliphatic carbocycles. The van der Waals surface area contributed by atoms with Crippen molar-refractivity contribution in [1.29, 1.82) is 0 Å². The number of nitrogens with two attached hydrogens (primary N) is 1. The minimum atomic E-state index is -0.655. The summed E-state index contributed by atoms with van der Waals surface area (Å²) in [7, 11) is 1.99. The first-order chi connectivity index (χ1) is 10.5. The van der Waals surface area contributed by atoms with Crippen molar-refractivity contribution in [3.05, 3.63) is 39.4 Å². The Morgan fingerprint density at radius 3 is 2.91 bits per heavy atom. The van der Waals surface area contributed by atoms with Crippen LogP contribution in [0.2, 0.25) is 0 Å². The van der Waals surface area contributed by atoms with Crippen molar-refractivity contribution in [1.82, 2.24) is 10.2 Å². The number of nitro benzene ring substituents is 1. The molecule has 0 aromatic heterocycles. The third-order valence-electron chi connectivity index (χ3n) is 4.15. The number of nitrogens with zero attached hydrogens (tertiary/aromatic N) is 2. The largest absolute Gasteiger partial charge is 0.366 e. The van der Waals surface area contributed by atoms with E-state index in [1.165, 1.54) is 6.07 Å². The number of hydrogen-bond acceptors (Lipinski definition) is 5. The van der Waals surface area contributed by atoms with Crippen LogP contribution in [0.5, 0.6) is 0 Å². The Bertz CT molecular complexity index is 554. The Morgan fingerprint density at radius 1 is 1.45 bits per heavy atom. The van der Waals surface area contributed by atoms with Gasteiger partial charge in [-0.05, 0) is 45.5 Å². The Kier molecular flexibility index (Phi) is 5.46. The maximum atomic E-state index is 11.2. The van der Waals surface area contributed by atoms with E-state index in [-0.39, 0.29) is 11.3 Å². The van der Waals surface area contributed by atoms with Crippen molar-refractivity contribution in [3.8, 4) is 0 Å². The molecule has 1 saturated heterocycles. The predicted molar refractivity (Wildman–Crippen MR) is 83.6 cm³/mol. The second kappa shape index (κ2) is 7.33. The summed E-state index contributed by atoms with van der Waals surface area (Å²) < 4.78 is 0. The van der Waals surface area contributed by atoms with Crippen LogP contribution in [0.4, 0.5) is 5.69 Å². The zero-order valence-electron chi connectivity index (χ0n) is 12.7. The molecule has 0 saturated carbocycles. The second-order valence-electron chi connectivity index (χ2n) is 5.71. The van der Waals surface area contributed by atoms with Crippen LogP contribution in [0.3, 0.4) is 0 Å². The molecule has 0 bridgehead atoms. The first kappa shape index (κ1) is 16.4. The topological polar surface area (TPSA) is 102 Å². The number of benzene rings is 1. The van der Waals surface area contributed by atoms with Crippen molar-refractivity contribution in [2.45, 2.75) is 31.8 Å². The molecule has 1 aliphatic heterocycles. The van der Waals surface area contributed by atoms with Gasteiger partial charge in [-0.3, -0.25) is 19.8 Å². The maximum absolute atomic E-state index is 11.2. The highest BCUT2D eigenvalue weighted by molar-refractivity contribution is 5.93. The lowest BCUT2D eigenvalue weighted by molar-refractivity contribution is -0.385. The van der Waals surface area contributed by atoms with E-state index in [0.29, 0.717) is 18.2 Å². The fourth-order valence-electron chi connectivity index (χ4n) is 2.86. The van der Waals surface area contributed by atoms with Crippen LogP contribution in [-0.2, 0) is 6.54 Å². The number of nitrogens with one attached hydrogen (secondary N) is 1. The molecule has 1 aromatic carbocycles. The zero-order chi connectivity index (χ0) is 16.1. The first-order valence-electron chi connectivity index (χ1n) is 7.47. The molecule has 22 heavy (non-hydrogen) atoms. The van der Waals surface area contributed by atoms with Crippen LogP contribution in [-0.4, -0.2) is 41.9 Å². The van der Waals surface area contributed by atoms with Crippen LogP contribution in [0.15, 0.2) is 18.2 Å². The molecule has 1 aromatic rings. The lowest BCUT2D eigenvalue weighted by atomic mass is 10.0. The number of nitro groups is 1. The third-order valence-corrected chi connectivity index (χ3v) is 4.15. The van der Waals surface area contributed by atoms with Gasteiger partial charge >= 0.3 is 0 Å². The van der Waals surface area contributed by atoms with E-state index in [2.05, 4.69) is 10.2 Å². The van der Waals surface area contributed by atoms with Gasteiger partial charge in [0.2, 0.25) is 5.91 Å². The molecular formula is C15H22N4O3. The summed E-state index contributed by atoms with van der Waals surface area (Å²) in [6.07, 6.45) is 3.22. The average Bonchev–Trinajstić information content (AvgIpc) is 2.76. The molecular weight excluding hydrogens is 284 g/mol. The van der Waals surface area contributed by atoms with Crippen LogP contribution in [0.25, 0.3) is 0 Å². The lowest BCUT2D eigenvalue weighted by Gasteiger charge is -2.26. The van der Waals surface area contributed by atoms with E-state index in [9.17, 15) is 14.9 Å². The Morgan fingerprint density at radius 2 is 2.23 bits per heavy atom. The number of amides is 1. The molecule has 7 nitrogen and oxygen atoms in total. The van der Waals surface area contributed by atoms with Crippen molar-refractivity contribution in [3.63, 3.8) is 0 Å². The van der Waals surface area contributed by atoms with Crippen LogP contribution < -0.4 is 11.1 Å². The molecule has 1 unspecified atom stereocenters. The summed E-state index contributed by atoms with van der Waals surface area (Å²) in [5.41, 5.74) is 5.91. The van der Waals surface area contributed by atoms with Crippen LogP contribution in [0, 0.1) is 10.1 Å². The van der Waals surface area contributed by atoms with E-state index < -0.39 is 10.8 Å². The van der Waals surface area contributed by atoms with Crippen molar-refractivity contribution >= 4 is 11.6 Å². The summed E-state index contributed by atoms with van der Waals surface area (Å²) in [6.45, 7) is 2.48. The van der Waals surface area contributed by atoms with Crippen molar-refractivity contribution in [2.75, 3.05) is 20.1 Å². The van der Waals surface area contributed by atoms with Gasteiger partial charge in [0.25, 0.3) is 5.69 Å². The van der Waals surface area contributed by atoms with Gasteiger partial charge in [0.05, 0.1) is 4.92 Å². The van der Waals surface area contributed by atoms with Crippen molar-refractivity contribution in [2.24, 2.45) is 5.73 Å². The quantitative estimate of drug-likeness (QED) is 0.630. The summed E-state index contributed by atoms with van der Waals surface area (Å²) >= 11 is 0. The maximum Gasteiger partial charge on any atom is 0.274 e. The molecule has 0 radical (unpaired) electrons. The Hall–Kier alpha value is -1.99. The molecule has 0 spiro atoms. The van der Waals surface area contributed by atoms with Gasteiger partial charge in [0, 0.05) is 29.8 Å². The fourth-order valence-corrected chi connectivity index (χ4v) is 2.86. The summed E-state index contributed by atoms with van der Waals surface area (Å²) in [5, 5.41) is 14.6. The van der Waals surface area contributed by atoms with E-state index in [1.807, 2.05) is 7.05 Å². The van der Waals surface area contributed by atoms with E-state index >= 15 is 0 Å². The first-order valence-corrected chi connectivity index (χ1v) is 7.47. The highest BCUT2D eigenvalue weighted by atomic mass is 16.6. The number of hydrogen-bond donors (Lipinski definition) is 2. The molecule has 1 aliphatic rings. The summed E-state index contributed by atoms with van der Waals surface area (Å²) in [4.78, 5) is 24.1. The van der Waals surface area contributed by atoms with Gasteiger partial charge in [-0.25, -0.2) is 0 Å². The highest BCUT2D eigenvalue weighted by Crippen LogP contribution is 2.23. The predicted octanol–water partition coefficient (Wildman–Crippen LogP) is 1.27. The molecule has 120 valence electrons. The minimum absolute atomic E-state index is 0.0464. The molecule has 2 rings (SSSR count). The molecule has 1 atom stereocenters. The van der Waals surface area contributed by atoms with E-state index in [4.69, 9.17) is 5.73 Å².